The number of imidazole rings is 1. The Bertz CT molecular complexity index is 238. The standard InChI is InChI=1S/C10H18N3/c1-4-13(5-2)7-6-10-11-8-9(3)12-10/h4-7H2,1-3H3,(H,11,12). The molecule has 1 radical (unpaired) electrons. The topological polar surface area (TPSA) is 31.9 Å². The fraction of sp³-hybridized carbons (Fsp3) is 0.700. The molecule has 0 bridgehead atoms. The van der Waals surface area contributed by atoms with Gasteiger partial charge in [0.2, 0.25) is 0 Å². The normalized spacial score (nSPS) is 11.1. The predicted octanol–water partition coefficient (Wildman–Crippen LogP) is 1.40. The average Bonchev–Trinajstić information content (AvgIpc) is 2.53. The van der Waals surface area contributed by atoms with E-state index in [4.69, 9.17) is 0 Å². The fourth-order valence-corrected chi connectivity index (χ4v) is 1.34. The molecule has 0 spiro atoms. The van der Waals surface area contributed by atoms with Gasteiger partial charge < -0.3 is 9.88 Å². The van der Waals surface area contributed by atoms with Gasteiger partial charge in [0, 0.05) is 13.0 Å². The summed E-state index contributed by atoms with van der Waals surface area (Å²) in [5.74, 6) is 1.05. The van der Waals surface area contributed by atoms with Gasteiger partial charge >= 0.3 is 0 Å². The number of aromatic nitrogens is 2. The van der Waals surface area contributed by atoms with E-state index in [1.54, 1.807) is 0 Å². The molecule has 1 N–H and O–H groups in total. The molecule has 1 aromatic rings. The second-order valence-electron chi connectivity index (χ2n) is 3.17. The smallest absolute Gasteiger partial charge is 0.108 e. The minimum Gasteiger partial charge on any atom is -0.340 e. The van der Waals surface area contributed by atoms with Gasteiger partial charge in [-0.05, 0) is 20.0 Å². The first kappa shape index (κ1) is 10.3. The Hall–Kier alpha value is -0.830. The van der Waals surface area contributed by atoms with E-state index in [9.17, 15) is 0 Å². The highest BCUT2D eigenvalue weighted by Crippen LogP contribution is 1.97. The number of aryl methyl sites for hydroxylation is 1. The van der Waals surface area contributed by atoms with Gasteiger partial charge in [0.25, 0.3) is 0 Å². The molecule has 0 saturated carbocycles. The van der Waals surface area contributed by atoms with Crippen molar-refractivity contribution in [2.24, 2.45) is 0 Å². The molecule has 0 aliphatic carbocycles. The number of rotatable bonds is 5. The van der Waals surface area contributed by atoms with E-state index in [-0.39, 0.29) is 0 Å². The quantitative estimate of drug-likeness (QED) is 0.743. The highest BCUT2D eigenvalue weighted by atomic mass is 15.1. The number of likely N-dealkylation sites (N-methyl/N-ethyl adjacent to an activating group) is 1. The summed E-state index contributed by atoms with van der Waals surface area (Å²) in [5, 5.41) is 0. The van der Waals surface area contributed by atoms with Crippen LogP contribution >= 0.6 is 0 Å². The third-order valence-corrected chi connectivity index (χ3v) is 2.25. The second-order valence-corrected chi connectivity index (χ2v) is 3.17. The van der Waals surface area contributed by atoms with E-state index in [0.29, 0.717) is 0 Å². The second kappa shape index (κ2) is 5.02. The Morgan fingerprint density at radius 1 is 1.38 bits per heavy atom. The minimum atomic E-state index is 0.953. The van der Waals surface area contributed by atoms with Crippen molar-refractivity contribution in [3.05, 3.63) is 17.7 Å². The van der Waals surface area contributed by atoms with Crippen LogP contribution in [0.2, 0.25) is 0 Å². The van der Waals surface area contributed by atoms with Crippen molar-refractivity contribution in [1.82, 2.24) is 14.9 Å². The molecule has 3 heteroatoms. The Kier molecular flexibility index (Phi) is 3.96. The van der Waals surface area contributed by atoms with Gasteiger partial charge in [0.1, 0.15) is 5.82 Å². The summed E-state index contributed by atoms with van der Waals surface area (Å²) < 4.78 is 0. The number of nitrogens with zero attached hydrogens (tertiary/aromatic N) is 2. The lowest BCUT2D eigenvalue weighted by Gasteiger charge is -2.16. The van der Waals surface area contributed by atoms with Crippen molar-refractivity contribution in [3.63, 3.8) is 0 Å². The van der Waals surface area contributed by atoms with Crippen LogP contribution in [0.5, 0.6) is 0 Å². The van der Waals surface area contributed by atoms with Gasteiger partial charge in [0.05, 0.1) is 11.9 Å². The van der Waals surface area contributed by atoms with Gasteiger partial charge in [0.15, 0.2) is 0 Å². The lowest BCUT2D eigenvalue weighted by Crippen LogP contribution is -2.25. The molecule has 0 aliphatic heterocycles. The van der Waals surface area contributed by atoms with Crippen molar-refractivity contribution in [2.75, 3.05) is 19.6 Å². The Morgan fingerprint density at radius 3 is 2.54 bits per heavy atom. The molecule has 73 valence electrons. The molecule has 0 saturated heterocycles. The van der Waals surface area contributed by atoms with E-state index in [2.05, 4.69) is 34.9 Å². The molecular formula is C10H18N3. The summed E-state index contributed by atoms with van der Waals surface area (Å²) in [6, 6.07) is 0. The zero-order valence-electron chi connectivity index (χ0n) is 8.72. The molecule has 0 atom stereocenters. The highest BCUT2D eigenvalue weighted by molar-refractivity contribution is 4.96. The van der Waals surface area contributed by atoms with Crippen LogP contribution < -0.4 is 0 Å². The van der Waals surface area contributed by atoms with Crippen LogP contribution in [0.25, 0.3) is 0 Å². The molecule has 0 aromatic carbocycles. The Labute approximate surface area is 80.2 Å². The summed E-state index contributed by atoms with van der Waals surface area (Å²) >= 11 is 0. The van der Waals surface area contributed by atoms with Crippen LogP contribution in [-0.4, -0.2) is 34.5 Å². The van der Waals surface area contributed by atoms with Crippen LogP contribution in [-0.2, 0) is 6.42 Å². The van der Waals surface area contributed by atoms with Gasteiger partial charge in [-0.2, -0.15) is 0 Å². The van der Waals surface area contributed by atoms with Gasteiger partial charge in [-0.25, -0.2) is 4.98 Å². The lowest BCUT2D eigenvalue weighted by molar-refractivity contribution is 0.306. The van der Waals surface area contributed by atoms with Gasteiger partial charge in [-0.1, -0.05) is 13.8 Å². The fourth-order valence-electron chi connectivity index (χ4n) is 1.34. The summed E-state index contributed by atoms with van der Waals surface area (Å²) in [5.41, 5.74) is 0.953. The number of hydrogen-bond donors (Lipinski definition) is 1. The van der Waals surface area contributed by atoms with Crippen molar-refractivity contribution in [3.8, 4) is 0 Å². The summed E-state index contributed by atoms with van der Waals surface area (Å²) in [4.78, 5) is 9.75. The van der Waals surface area contributed by atoms with Crippen LogP contribution in [0.1, 0.15) is 25.4 Å². The molecule has 0 fully saturated rings. The first-order valence-electron chi connectivity index (χ1n) is 4.91. The van der Waals surface area contributed by atoms with Crippen molar-refractivity contribution < 1.29 is 0 Å². The molecule has 1 rings (SSSR count). The van der Waals surface area contributed by atoms with Crippen molar-refractivity contribution in [1.29, 1.82) is 0 Å². The SMILES string of the molecule is CCN(CC)CCc1nc(C)[c][nH]1. The molecular weight excluding hydrogens is 162 g/mol. The third kappa shape index (κ3) is 3.19. The number of hydrogen-bond acceptors (Lipinski definition) is 2. The highest BCUT2D eigenvalue weighted by Gasteiger charge is 2.01. The third-order valence-electron chi connectivity index (χ3n) is 2.25. The first-order chi connectivity index (χ1) is 6.26. The molecule has 13 heavy (non-hydrogen) atoms. The van der Waals surface area contributed by atoms with Crippen LogP contribution in [0.3, 0.4) is 0 Å². The largest absolute Gasteiger partial charge is 0.340 e. The number of nitrogens with one attached hydrogen (secondary N) is 1. The Morgan fingerprint density at radius 2 is 2.08 bits per heavy atom. The molecule has 1 aromatic heterocycles. The average molecular weight is 180 g/mol. The Balaban J connectivity index is 2.33. The van der Waals surface area contributed by atoms with Crippen LogP contribution in [0, 0.1) is 13.1 Å². The van der Waals surface area contributed by atoms with E-state index < -0.39 is 0 Å². The number of aromatic amines is 1. The maximum Gasteiger partial charge on any atom is 0.108 e. The molecule has 0 unspecified atom stereocenters. The van der Waals surface area contributed by atoms with Crippen LogP contribution in [0.15, 0.2) is 0 Å². The molecule has 1 heterocycles. The predicted molar refractivity (Wildman–Crippen MR) is 53.7 cm³/mol. The van der Waals surface area contributed by atoms with Crippen molar-refractivity contribution in [2.45, 2.75) is 27.2 Å². The summed E-state index contributed by atoms with van der Waals surface area (Å²) in [7, 11) is 0. The summed E-state index contributed by atoms with van der Waals surface area (Å²) in [6.45, 7) is 9.62. The molecule has 3 nitrogen and oxygen atoms in total. The lowest BCUT2D eigenvalue weighted by atomic mass is 10.3. The zero-order valence-corrected chi connectivity index (χ0v) is 8.72. The maximum absolute atomic E-state index is 4.31. The van der Waals surface area contributed by atoms with Gasteiger partial charge in [-0.3, -0.25) is 0 Å². The van der Waals surface area contributed by atoms with E-state index in [0.717, 1.165) is 37.6 Å². The van der Waals surface area contributed by atoms with Crippen LogP contribution in [0.4, 0.5) is 0 Å². The van der Waals surface area contributed by atoms with E-state index in [1.165, 1.54) is 0 Å². The first-order valence-corrected chi connectivity index (χ1v) is 4.91. The maximum atomic E-state index is 4.31. The summed E-state index contributed by atoms with van der Waals surface area (Å²) in [6.07, 6.45) is 3.97. The van der Waals surface area contributed by atoms with Gasteiger partial charge in [-0.15, -0.1) is 0 Å². The minimum absolute atomic E-state index is 0.953. The number of H-pyrrole nitrogens is 1. The molecule has 0 amide bonds. The van der Waals surface area contributed by atoms with E-state index in [1.807, 2.05) is 6.92 Å². The van der Waals surface area contributed by atoms with Crippen molar-refractivity contribution >= 4 is 0 Å². The molecule has 0 aliphatic rings. The monoisotopic (exact) mass is 180 g/mol. The zero-order chi connectivity index (χ0) is 9.68. The van der Waals surface area contributed by atoms with E-state index >= 15 is 0 Å².